The van der Waals surface area contributed by atoms with E-state index in [1.54, 1.807) is 4.57 Å². The van der Waals surface area contributed by atoms with Crippen LogP contribution in [0.3, 0.4) is 0 Å². The number of aromatic nitrogens is 2. The van der Waals surface area contributed by atoms with Gasteiger partial charge in [-0.25, -0.2) is 0 Å². The Hall–Kier alpha value is -2.28. The van der Waals surface area contributed by atoms with Gasteiger partial charge in [0.05, 0.1) is 12.3 Å². The van der Waals surface area contributed by atoms with Gasteiger partial charge in [-0.05, 0) is 5.56 Å². The second-order valence-corrected chi connectivity index (χ2v) is 5.07. The quantitative estimate of drug-likeness (QED) is 0.614. The molecule has 0 fully saturated rings. The summed E-state index contributed by atoms with van der Waals surface area (Å²) in [5, 5.41) is 0.387. The molecule has 0 unspecified atom stereocenters. The summed E-state index contributed by atoms with van der Waals surface area (Å²) >= 11 is 1.10. The van der Waals surface area contributed by atoms with Crippen molar-refractivity contribution in [2.75, 3.05) is 11.5 Å². The van der Waals surface area contributed by atoms with Gasteiger partial charge in [0.25, 0.3) is 5.56 Å². The van der Waals surface area contributed by atoms with E-state index in [-0.39, 0.29) is 5.75 Å². The summed E-state index contributed by atoms with van der Waals surface area (Å²) in [4.78, 5) is 26.2. The van der Waals surface area contributed by atoms with Gasteiger partial charge in [0, 0.05) is 6.07 Å². The average molecular weight is 290 g/mol. The molecule has 0 aliphatic rings. The molecule has 0 atom stereocenters. The third-order valence-corrected chi connectivity index (χ3v) is 3.55. The summed E-state index contributed by atoms with van der Waals surface area (Å²) in [5.74, 6) is -0.122. The van der Waals surface area contributed by atoms with Gasteiger partial charge in [-0.2, -0.15) is 4.98 Å². The van der Waals surface area contributed by atoms with Crippen LogP contribution in [0, 0.1) is 0 Å². The molecule has 0 spiro atoms. The van der Waals surface area contributed by atoms with Crippen LogP contribution >= 0.6 is 11.8 Å². The topological polar surface area (TPSA) is 104 Å². The molecule has 4 N–H and O–H groups in total. The number of anilines is 1. The van der Waals surface area contributed by atoms with Gasteiger partial charge < -0.3 is 16.0 Å². The molecule has 1 amide bonds. The van der Waals surface area contributed by atoms with E-state index >= 15 is 0 Å². The monoisotopic (exact) mass is 290 g/mol. The highest BCUT2D eigenvalue weighted by atomic mass is 32.2. The van der Waals surface area contributed by atoms with Gasteiger partial charge in [-0.3, -0.25) is 9.59 Å². The van der Waals surface area contributed by atoms with E-state index in [2.05, 4.69) is 4.98 Å². The van der Waals surface area contributed by atoms with Crippen molar-refractivity contribution >= 4 is 23.5 Å². The summed E-state index contributed by atoms with van der Waals surface area (Å²) in [7, 11) is 0. The molecule has 0 saturated heterocycles. The zero-order valence-electron chi connectivity index (χ0n) is 10.7. The summed E-state index contributed by atoms with van der Waals surface area (Å²) in [6, 6.07) is 10.9. The molecule has 0 bridgehead atoms. The molecule has 2 aromatic rings. The van der Waals surface area contributed by atoms with Crippen LogP contribution in [-0.2, 0) is 11.3 Å². The maximum absolute atomic E-state index is 11.4. The first kappa shape index (κ1) is 14.1. The minimum atomic E-state index is -0.474. The molecular formula is C13H14N4O2S. The number of thioether (sulfide) groups is 1. The predicted octanol–water partition coefficient (Wildman–Crippen LogP) is 0.451. The van der Waals surface area contributed by atoms with E-state index < -0.39 is 11.5 Å². The molecule has 0 radical (unpaired) electrons. The Morgan fingerprint density at radius 2 is 2.00 bits per heavy atom. The van der Waals surface area contributed by atoms with E-state index in [1.165, 1.54) is 6.07 Å². The van der Waals surface area contributed by atoms with Crippen LogP contribution in [0.4, 0.5) is 5.82 Å². The smallest absolute Gasteiger partial charge is 0.275 e. The molecule has 6 nitrogen and oxygen atoms in total. The molecule has 20 heavy (non-hydrogen) atoms. The van der Waals surface area contributed by atoms with E-state index in [0.29, 0.717) is 17.5 Å². The zero-order chi connectivity index (χ0) is 14.5. The highest BCUT2D eigenvalue weighted by Gasteiger charge is 2.10. The van der Waals surface area contributed by atoms with Gasteiger partial charge >= 0.3 is 0 Å². The van der Waals surface area contributed by atoms with Crippen molar-refractivity contribution in [1.29, 1.82) is 0 Å². The molecule has 1 aromatic heterocycles. The van der Waals surface area contributed by atoms with E-state index in [1.807, 2.05) is 30.3 Å². The predicted molar refractivity (Wildman–Crippen MR) is 78.4 cm³/mol. The Bertz CT molecular complexity index is 670. The molecule has 0 aliphatic carbocycles. The molecule has 2 rings (SSSR count). The number of nitrogen functional groups attached to an aromatic ring is 1. The number of benzene rings is 1. The van der Waals surface area contributed by atoms with Crippen molar-refractivity contribution in [3.63, 3.8) is 0 Å². The van der Waals surface area contributed by atoms with Crippen LogP contribution in [0.1, 0.15) is 5.56 Å². The highest BCUT2D eigenvalue weighted by Crippen LogP contribution is 2.18. The van der Waals surface area contributed by atoms with Gasteiger partial charge in [-0.15, -0.1) is 0 Å². The molecule has 1 aromatic carbocycles. The number of amides is 1. The average Bonchev–Trinajstić information content (AvgIpc) is 2.41. The number of primary amides is 1. The van der Waals surface area contributed by atoms with Crippen molar-refractivity contribution < 1.29 is 4.79 Å². The van der Waals surface area contributed by atoms with E-state index in [9.17, 15) is 9.59 Å². The maximum Gasteiger partial charge on any atom is 0.275 e. The lowest BCUT2D eigenvalue weighted by Crippen LogP contribution is -2.20. The van der Waals surface area contributed by atoms with E-state index in [4.69, 9.17) is 11.5 Å². The Morgan fingerprint density at radius 3 is 2.65 bits per heavy atom. The molecule has 0 aliphatic heterocycles. The largest absolute Gasteiger partial charge is 0.385 e. The summed E-state index contributed by atoms with van der Waals surface area (Å²) < 4.78 is 1.68. The van der Waals surface area contributed by atoms with Crippen molar-refractivity contribution in [1.82, 2.24) is 9.55 Å². The van der Waals surface area contributed by atoms with Gasteiger partial charge in [0.2, 0.25) is 5.91 Å². The first-order chi connectivity index (χ1) is 9.56. The normalized spacial score (nSPS) is 10.4. The standard InChI is InChI=1S/C13H14N4O2S/c14-10-6-12(19)16-13(20-8-11(15)18)17(10)7-9-4-2-1-3-5-9/h1-6H,7-8,14H2,(H2,15,18). The van der Waals surface area contributed by atoms with Crippen LogP contribution in [0.5, 0.6) is 0 Å². The van der Waals surface area contributed by atoms with Crippen LogP contribution in [0.25, 0.3) is 0 Å². The zero-order valence-corrected chi connectivity index (χ0v) is 11.5. The van der Waals surface area contributed by atoms with Crippen LogP contribution in [0.15, 0.2) is 46.3 Å². The maximum atomic E-state index is 11.4. The van der Waals surface area contributed by atoms with Crippen molar-refractivity contribution in [3.8, 4) is 0 Å². The van der Waals surface area contributed by atoms with Gasteiger partial charge in [0.1, 0.15) is 5.82 Å². The van der Waals surface area contributed by atoms with Gasteiger partial charge in [-0.1, -0.05) is 42.1 Å². The fourth-order valence-corrected chi connectivity index (χ4v) is 2.42. The Labute approximate surface area is 119 Å². The lowest BCUT2D eigenvalue weighted by Gasteiger charge is -2.14. The fourth-order valence-electron chi connectivity index (χ4n) is 1.67. The molecule has 7 heteroatoms. The first-order valence-electron chi connectivity index (χ1n) is 5.88. The number of nitrogens with zero attached hydrogens (tertiary/aromatic N) is 2. The second-order valence-electron chi connectivity index (χ2n) is 4.13. The number of hydrogen-bond donors (Lipinski definition) is 2. The number of carbonyl (C=O) groups excluding carboxylic acids is 1. The summed E-state index contributed by atoms with van der Waals surface area (Å²) in [5.41, 5.74) is 11.6. The Kier molecular flexibility index (Phi) is 4.41. The van der Waals surface area contributed by atoms with Crippen molar-refractivity contribution in [3.05, 3.63) is 52.3 Å². The Morgan fingerprint density at radius 1 is 1.30 bits per heavy atom. The molecular weight excluding hydrogens is 276 g/mol. The molecule has 104 valence electrons. The summed E-state index contributed by atoms with van der Waals surface area (Å²) in [6.45, 7) is 0.473. The third kappa shape index (κ3) is 3.61. The highest BCUT2D eigenvalue weighted by molar-refractivity contribution is 7.99. The Balaban J connectivity index is 2.34. The number of hydrogen-bond acceptors (Lipinski definition) is 5. The van der Waals surface area contributed by atoms with E-state index in [0.717, 1.165) is 17.3 Å². The third-order valence-electron chi connectivity index (χ3n) is 2.55. The van der Waals surface area contributed by atoms with Crippen molar-refractivity contribution in [2.45, 2.75) is 11.7 Å². The number of nitrogens with two attached hydrogens (primary N) is 2. The first-order valence-corrected chi connectivity index (χ1v) is 6.87. The van der Waals surface area contributed by atoms with Crippen LogP contribution in [0.2, 0.25) is 0 Å². The van der Waals surface area contributed by atoms with Gasteiger partial charge in [0.15, 0.2) is 5.16 Å². The minimum absolute atomic E-state index is 0.0463. The van der Waals surface area contributed by atoms with Crippen molar-refractivity contribution in [2.24, 2.45) is 5.73 Å². The minimum Gasteiger partial charge on any atom is -0.385 e. The second kappa shape index (κ2) is 6.25. The SMILES string of the molecule is NC(=O)CSc1nc(=O)cc(N)n1Cc1ccccc1. The fraction of sp³-hybridized carbons (Fsp3) is 0.154. The number of carbonyl (C=O) groups is 1. The lowest BCUT2D eigenvalue weighted by atomic mass is 10.2. The van der Waals surface area contributed by atoms with Crippen LogP contribution in [-0.4, -0.2) is 21.2 Å². The summed E-state index contributed by atoms with van der Waals surface area (Å²) in [6.07, 6.45) is 0. The lowest BCUT2D eigenvalue weighted by molar-refractivity contribution is -0.115. The molecule has 1 heterocycles. The molecule has 0 saturated carbocycles. The van der Waals surface area contributed by atoms with Crippen LogP contribution < -0.4 is 17.0 Å². The number of rotatable bonds is 5.